The van der Waals surface area contributed by atoms with E-state index in [-0.39, 0.29) is 11.1 Å². The summed E-state index contributed by atoms with van der Waals surface area (Å²) in [4.78, 5) is 21.9. The van der Waals surface area contributed by atoms with Gasteiger partial charge in [0.05, 0.1) is 24.3 Å². The van der Waals surface area contributed by atoms with Gasteiger partial charge in [0, 0.05) is 11.1 Å². The predicted molar refractivity (Wildman–Crippen MR) is 96.4 cm³/mol. The SMILES string of the molecule is COc1ccc([C@H]2[NH2+][C@H](C(=O)[O-])CS2)cc1Cn1nc(C)c([N+](=O)[O-])c1C. The highest BCUT2D eigenvalue weighted by molar-refractivity contribution is 7.99. The molecular weight excluding hydrogens is 372 g/mol. The Labute approximate surface area is 159 Å². The number of carboxylic acids is 1. The molecular formula is C17H20N4O5S. The van der Waals surface area contributed by atoms with Gasteiger partial charge in [0.25, 0.3) is 0 Å². The fourth-order valence-corrected chi connectivity index (χ4v) is 4.55. The molecule has 1 aromatic heterocycles. The zero-order chi connectivity index (χ0) is 19.7. The van der Waals surface area contributed by atoms with Gasteiger partial charge >= 0.3 is 5.69 Å². The second kappa shape index (κ2) is 7.57. The third-order valence-electron chi connectivity index (χ3n) is 4.64. The first-order chi connectivity index (χ1) is 12.8. The van der Waals surface area contributed by atoms with Crippen molar-refractivity contribution in [1.29, 1.82) is 0 Å². The lowest BCUT2D eigenvalue weighted by atomic mass is 10.1. The van der Waals surface area contributed by atoms with Crippen LogP contribution in [0, 0.1) is 24.0 Å². The van der Waals surface area contributed by atoms with E-state index in [1.54, 1.807) is 42.7 Å². The van der Waals surface area contributed by atoms with E-state index in [0.29, 0.717) is 29.4 Å². The van der Waals surface area contributed by atoms with Gasteiger partial charge in [0.2, 0.25) is 0 Å². The number of hydrogen-bond acceptors (Lipinski definition) is 7. The molecule has 1 aliphatic rings. The highest BCUT2D eigenvalue weighted by atomic mass is 32.2. The lowest BCUT2D eigenvalue weighted by molar-refractivity contribution is -0.690. The van der Waals surface area contributed by atoms with Crippen LogP contribution in [0.2, 0.25) is 0 Å². The summed E-state index contributed by atoms with van der Waals surface area (Å²) < 4.78 is 7.01. The standard InChI is InChI=1S/C17H20N4O5S/c1-9-15(21(24)25)10(2)20(19-9)7-12-6-11(4-5-14(12)26-3)16-18-13(8-27-16)17(22)23/h4-6,13,16,18H,7-8H2,1-3H3,(H,22,23)/t13-,16-/m0/s1. The number of carboxylic acid groups (broad SMARTS) is 1. The molecule has 1 aliphatic heterocycles. The van der Waals surface area contributed by atoms with Gasteiger partial charge in [-0.3, -0.25) is 14.8 Å². The number of aromatic nitrogens is 2. The molecule has 1 aromatic carbocycles. The van der Waals surface area contributed by atoms with Crippen LogP contribution in [0.5, 0.6) is 5.75 Å². The average molecular weight is 392 g/mol. The molecule has 0 spiro atoms. The summed E-state index contributed by atoms with van der Waals surface area (Å²) in [7, 11) is 1.56. The van der Waals surface area contributed by atoms with Crippen LogP contribution in [0.1, 0.15) is 27.9 Å². The van der Waals surface area contributed by atoms with Gasteiger partial charge in [-0.2, -0.15) is 5.10 Å². The van der Waals surface area contributed by atoms with E-state index in [1.807, 2.05) is 18.2 Å². The second-order valence-corrected chi connectivity index (χ2v) is 7.55. The first kappa shape index (κ1) is 19.2. The lowest BCUT2D eigenvalue weighted by Crippen LogP contribution is -2.90. The zero-order valence-corrected chi connectivity index (χ0v) is 16.0. The van der Waals surface area contributed by atoms with Crippen LogP contribution >= 0.6 is 11.8 Å². The predicted octanol–water partition coefficient (Wildman–Crippen LogP) is -0.108. The van der Waals surface area contributed by atoms with Gasteiger partial charge in [-0.15, -0.1) is 0 Å². The molecule has 3 rings (SSSR count). The number of aryl methyl sites for hydroxylation is 1. The van der Waals surface area contributed by atoms with Crippen molar-refractivity contribution < 1.29 is 24.9 Å². The number of benzene rings is 1. The smallest absolute Gasteiger partial charge is 0.312 e. The number of methoxy groups -OCH3 is 1. The summed E-state index contributed by atoms with van der Waals surface area (Å²) in [5, 5.41) is 28.3. The van der Waals surface area contributed by atoms with E-state index in [0.717, 1.165) is 11.1 Å². The number of nitro groups is 1. The van der Waals surface area contributed by atoms with Crippen molar-refractivity contribution in [2.45, 2.75) is 31.8 Å². The van der Waals surface area contributed by atoms with E-state index >= 15 is 0 Å². The lowest BCUT2D eigenvalue weighted by Gasteiger charge is -2.15. The number of nitrogens with zero attached hydrogens (tertiary/aromatic N) is 3. The minimum Gasteiger partial charge on any atom is -0.544 e. The topological polar surface area (TPSA) is 127 Å². The Hall–Kier alpha value is -2.59. The Morgan fingerprint density at radius 3 is 2.78 bits per heavy atom. The van der Waals surface area contributed by atoms with Crippen LogP contribution in [0.3, 0.4) is 0 Å². The van der Waals surface area contributed by atoms with Crippen molar-refractivity contribution in [1.82, 2.24) is 9.78 Å². The summed E-state index contributed by atoms with van der Waals surface area (Å²) in [5.41, 5.74) is 2.63. The van der Waals surface area contributed by atoms with Crippen LogP contribution < -0.4 is 15.2 Å². The molecule has 1 saturated heterocycles. The van der Waals surface area contributed by atoms with E-state index in [1.165, 1.54) is 0 Å². The number of hydrogen-bond donors (Lipinski definition) is 1. The number of nitrogens with two attached hydrogens (primary N) is 1. The minimum absolute atomic E-state index is 0.0154. The highest BCUT2D eigenvalue weighted by Gasteiger charge is 2.31. The number of carbonyl (C=O) groups excluding carboxylic acids is 1. The molecule has 1 fully saturated rings. The van der Waals surface area contributed by atoms with Crippen molar-refractivity contribution in [3.05, 3.63) is 50.8 Å². The summed E-state index contributed by atoms with van der Waals surface area (Å²) in [6.45, 7) is 3.60. The number of carbonyl (C=O) groups is 1. The molecule has 0 unspecified atom stereocenters. The molecule has 10 heteroatoms. The van der Waals surface area contributed by atoms with Crippen LogP contribution in [0.4, 0.5) is 5.69 Å². The summed E-state index contributed by atoms with van der Waals surface area (Å²) >= 11 is 1.55. The van der Waals surface area contributed by atoms with Crippen LogP contribution in [0.25, 0.3) is 0 Å². The maximum Gasteiger partial charge on any atom is 0.312 e. The Morgan fingerprint density at radius 1 is 1.48 bits per heavy atom. The minimum atomic E-state index is -1.06. The molecule has 0 saturated carbocycles. The number of thioether (sulfide) groups is 1. The summed E-state index contributed by atoms with van der Waals surface area (Å²) in [6.07, 6.45) is 0. The third-order valence-corrected chi connectivity index (χ3v) is 5.98. The van der Waals surface area contributed by atoms with E-state index in [4.69, 9.17) is 4.74 Å². The van der Waals surface area contributed by atoms with E-state index < -0.39 is 16.9 Å². The Morgan fingerprint density at radius 2 is 2.22 bits per heavy atom. The molecule has 2 N–H and O–H groups in total. The Balaban J connectivity index is 1.90. The molecule has 0 radical (unpaired) electrons. The van der Waals surface area contributed by atoms with Crippen LogP contribution in [0.15, 0.2) is 18.2 Å². The molecule has 2 atom stereocenters. The molecule has 9 nitrogen and oxygen atoms in total. The Kier molecular flexibility index (Phi) is 5.38. The Bertz CT molecular complexity index is 898. The van der Waals surface area contributed by atoms with Crippen molar-refractivity contribution in [3.8, 4) is 5.75 Å². The van der Waals surface area contributed by atoms with Crippen LogP contribution in [-0.4, -0.2) is 39.6 Å². The highest BCUT2D eigenvalue weighted by Crippen LogP contribution is 2.31. The molecule has 2 heterocycles. The molecule has 2 aromatic rings. The molecule has 0 amide bonds. The normalized spacial score (nSPS) is 19.2. The maximum atomic E-state index is 11.2. The largest absolute Gasteiger partial charge is 0.544 e. The van der Waals surface area contributed by atoms with Crippen molar-refractivity contribution in [2.75, 3.05) is 12.9 Å². The average Bonchev–Trinajstić information content (AvgIpc) is 3.20. The third kappa shape index (κ3) is 3.76. The van der Waals surface area contributed by atoms with Gasteiger partial charge in [0.1, 0.15) is 29.1 Å². The van der Waals surface area contributed by atoms with Gasteiger partial charge in [0.15, 0.2) is 5.37 Å². The monoisotopic (exact) mass is 392 g/mol. The van der Waals surface area contributed by atoms with E-state index in [9.17, 15) is 20.0 Å². The van der Waals surface area contributed by atoms with Crippen LogP contribution in [-0.2, 0) is 11.3 Å². The van der Waals surface area contributed by atoms with Gasteiger partial charge in [-0.05, 0) is 32.0 Å². The second-order valence-electron chi connectivity index (χ2n) is 6.38. The number of aliphatic carboxylic acids is 1. The fraction of sp³-hybridized carbons (Fsp3) is 0.412. The molecule has 0 bridgehead atoms. The van der Waals surface area contributed by atoms with Crippen molar-refractivity contribution in [3.63, 3.8) is 0 Å². The first-order valence-electron chi connectivity index (χ1n) is 8.34. The molecule has 144 valence electrons. The van der Waals surface area contributed by atoms with Gasteiger partial charge in [-0.1, -0.05) is 11.8 Å². The van der Waals surface area contributed by atoms with E-state index in [2.05, 4.69) is 5.10 Å². The zero-order valence-electron chi connectivity index (χ0n) is 15.2. The summed E-state index contributed by atoms with van der Waals surface area (Å²) in [5.74, 6) is 0.0694. The number of quaternary nitrogens is 1. The number of ether oxygens (including phenoxy) is 1. The molecule has 27 heavy (non-hydrogen) atoms. The summed E-state index contributed by atoms with van der Waals surface area (Å²) in [6, 6.07) is 5.10. The fourth-order valence-electron chi connectivity index (χ4n) is 3.25. The van der Waals surface area contributed by atoms with Crippen molar-refractivity contribution >= 4 is 23.4 Å². The quantitative estimate of drug-likeness (QED) is 0.537. The number of rotatable bonds is 6. The van der Waals surface area contributed by atoms with Gasteiger partial charge < -0.3 is 20.0 Å². The molecule has 0 aliphatic carbocycles. The van der Waals surface area contributed by atoms with Gasteiger partial charge in [-0.25, -0.2) is 0 Å². The maximum absolute atomic E-state index is 11.2. The van der Waals surface area contributed by atoms with Crippen molar-refractivity contribution in [2.24, 2.45) is 0 Å². The first-order valence-corrected chi connectivity index (χ1v) is 9.39.